The number of halogens is 2. The first kappa shape index (κ1) is 6.77. The summed E-state index contributed by atoms with van der Waals surface area (Å²) in [5.41, 5.74) is 0. The second-order valence-corrected chi connectivity index (χ2v) is 1.88. The van der Waals surface area contributed by atoms with Gasteiger partial charge in [-0.25, -0.2) is 4.39 Å². The quantitative estimate of drug-likeness (QED) is 0.413. The molecule has 0 aliphatic carbocycles. The third-order valence-electron chi connectivity index (χ3n) is 0.227. The lowest BCUT2D eigenvalue weighted by atomic mass is 11.5. The number of rotatable bonds is 2. The van der Waals surface area contributed by atoms with Crippen molar-refractivity contribution in [3.8, 4) is 0 Å². The second kappa shape index (κ2) is 2.17. The molecule has 0 radical (unpaired) electrons. The van der Waals surface area contributed by atoms with Gasteiger partial charge in [-0.1, -0.05) is 3.89 Å². The van der Waals surface area contributed by atoms with Crippen molar-refractivity contribution in [1.82, 2.24) is 4.72 Å². The predicted octanol–water partition coefficient (Wildman–Crippen LogP) is -0.283. The Morgan fingerprint density at radius 3 is 2.00 bits per heavy atom. The largest absolute Gasteiger partial charge is 0.374 e. The van der Waals surface area contributed by atoms with Crippen molar-refractivity contribution in [3.63, 3.8) is 0 Å². The Hall–Kier alpha value is -0.230. The van der Waals surface area contributed by atoms with E-state index in [0.717, 1.165) is 4.72 Å². The van der Waals surface area contributed by atoms with E-state index in [-0.39, 0.29) is 0 Å². The highest BCUT2D eigenvalue weighted by atomic mass is 32.3. The summed E-state index contributed by atoms with van der Waals surface area (Å²) in [7, 11) is -4.80. The summed E-state index contributed by atoms with van der Waals surface area (Å²) in [4.78, 5) is 0. The summed E-state index contributed by atoms with van der Waals surface area (Å²) in [5.74, 6) is 0. The molecule has 7 heavy (non-hydrogen) atoms. The van der Waals surface area contributed by atoms with E-state index < -0.39 is 17.2 Å². The third kappa shape index (κ3) is 5.77. The van der Waals surface area contributed by atoms with Gasteiger partial charge in [-0.05, 0) is 0 Å². The molecule has 0 amide bonds. The molecule has 0 rings (SSSR count). The van der Waals surface area contributed by atoms with Crippen LogP contribution in [-0.4, -0.2) is 15.2 Å². The Labute approximate surface area is 39.7 Å². The molecule has 0 saturated heterocycles. The van der Waals surface area contributed by atoms with E-state index in [1.54, 1.807) is 0 Å². The van der Waals surface area contributed by atoms with Gasteiger partial charge in [0.1, 0.15) is 0 Å². The normalized spacial score (nSPS) is 11.7. The van der Waals surface area contributed by atoms with Gasteiger partial charge in [0.25, 0.3) is 0 Å². The molecule has 0 saturated carbocycles. The van der Waals surface area contributed by atoms with Crippen molar-refractivity contribution in [2.75, 3.05) is 6.80 Å². The lowest BCUT2D eigenvalue weighted by Crippen LogP contribution is -2.16. The summed E-state index contributed by atoms with van der Waals surface area (Å²) in [5, 5.41) is 0. The van der Waals surface area contributed by atoms with Gasteiger partial charge in [0.15, 0.2) is 6.80 Å². The molecular weight excluding hydrogens is 128 g/mol. The molecule has 0 atom stereocenters. The van der Waals surface area contributed by atoms with Crippen LogP contribution in [0.25, 0.3) is 0 Å². The number of alkyl halides is 1. The zero-order valence-corrected chi connectivity index (χ0v) is 4.00. The van der Waals surface area contributed by atoms with Crippen LogP contribution in [0, 0.1) is 0 Å². The van der Waals surface area contributed by atoms with Crippen LogP contribution in [0.15, 0.2) is 0 Å². The first-order valence-electron chi connectivity index (χ1n) is 1.31. The average Bonchev–Trinajstić information content (AvgIpc) is 1.30. The monoisotopic (exact) mass is 131 g/mol. The topological polar surface area (TPSA) is 46.2 Å². The van der Waals surface area contributed by atoms with Crippen LogP contribution in [-0.2, 0) is 10.4 Å². The summed E-state index contributed by atoms with van der Waals surface area (Å²) in [6.07, 6.45) is 0. The van der Waals surface area contributed by atoms with Gasteiger partial charge >= 0.3 is 10.4 Å². The molecule has 0 aromatic carbocycles. The third-order valence-corrected chi connectivity index (χ3v) is 0.681. The fourth-order valence-corrected chi connectivity index (χ4v) is 0.195. The Morgan fingerprint density at radius 1 is 1.57 bits per heavy atom. The van der Waals surface area contributed by atoms with Gasteiger partial charge in [0.05, 0.1) is 0 Å². The van der Waals surface area contributed by atoms with Gasteiger partial charge in [0.2, 0.25) is 0 Å². The lowest BCUT2D eigenvalue weighted by Gasteiger charge is -1.84. The number of hydrogen-bond acceptors (Lipinski definition) is 2. The molecule has 3 nitrogen and oxygen atoms in total. The van der Waals surface area contributed by atoms with E-state index in [2.05, 4.69) is 0 Å². The Morgan fingerprint density at radius 2 is 2.00 bits per heavy atom. The zero-order valence-electron chi connectivity index (χ0n) is 3.19. The van der Waals surface area contributed by atoms with Crippen molar-refractivity contribution >= 4 is 10.4 Å². The molecule has 1 N–H and O–H groups in total. The van der Waals surface area contributed by atoms with Crippen LogP contribution in [0.1, 0.15) is 0 Å². The Balaban J connectivity index is 3.60. The molecular formula is CH3F2NO2S. The average molecular weight is 131 g/mol. The summed E-state index contributed by atoms with van der Waals surface area (Å²) in [6.45, 7) is -1.40. The first-order valence-corrected chi connectivity index (χ1v) is 2.70. The molecule has 0 unspecified atom stereocenters. The lowest BCUT2D eigenvalue weighted by molar-refractivity contribution is 0.454. The Bertz CT molecular complexity index is 129. The smallest absolute Gasteiger partial charge is 0.233 e. The summed E-state index contributed by atoms with van der Waals surface area (Å²) >= 11 is 0. The van der Waals surface area contributed by atoms with Gasteiger partial charge in [0, 0.05) is 0 Å². The molecule has 0 heterocycles. The first-order chi connectivity index (χ1) is 3.06. The standard InChI is InChI=1S/CH3F2NO2S/c2-1-4-7(3,5)6/h4H,1H2. The van der Waals surface area contributed by atoms with E-state index in [4.69, 9.17) is 0 Å². The van der Waals surface area contributed by atoms with Gasteiger partial charge in [-0.15, -0.1) is 0 Å². The van der Waals surface area contributed by atoms with E-state index >= 15 is 0 Å². The molecule has 0 aliphatic rings. The Kier molecular flexibility index (Phi) is 2.10. The number of hydrogen-bond donors (Lipinski definition) is 1. The van der Waals surface area contributed by atoms with Crippen molar-refractivity contribution < 1.29 is 16.7 Å². The van der Waals surface area contributed by atoms with Crippen molar-refractivity contribution in [2.45, 2.75) is 0 Å². The summed E-state index contributed by atoms with van der Waals surface area (Å²) in [6, 6.07) is 0. The fraction of sp³-hybridized carbons (Fsp3) is 1.00. The van der Waals surface area contributed by atoms with Crippen molar-refractivity contribution in [2.24, 2.45) is 0 Å². The SMILES string of the molecule is O=S(=O)(F)NCF. The number of nitrogens with one attached hydrogen (secondary N) is 1. The minimum absolute atomic E-state index is 0.924. The fourth-order valence-electron chi connectivity index (χ4n) is 0.0652. The van der Waals surface area contributed by atoms with Gasteiger partial charge < -0.3 is 0 Å². The van der Waals surface area contributed by atoms with Crippen LogP contribution in [0.5, 0.6) is 0 Å². The molecule has 44 valence electrons. The van der Waals surface area contributed by atoms with Crippen LogP contribution in [0.3, 0.4) is 0 Å². The minimum Gasteiger partial charge on any atom is -0.233 e. The van der Waals surface area contributed by atoms with Crippen LogP contribution in [0.2, 0.25) is 0 Å². The molecule has 0 aromatic rings. The molecule has 0 aliphatic heterocycles. The van der Waals surface area contributed by atoms with Crippen LogP contribution < -0.4 is 4.72 Å². The maximum Gasteiger partial charge on any atom is 0.374 e. The van der Waals surface area contributed by atoms with E-state index in [1.165, 1.54) is 0 Å². The van der Waals surface area contributed by atoms with Crippen molar-refractivity contribution in [3.05, 3.63) is 0 Å². The summed E-state index contributed by atoms with van der Waals surface area (Å²) < 4.78 is 41.1. The van der Waals surface area contributed by atoms with Crippen molar-refractivity contribution in [1.29, 1.82) is 0 Å². The van der Waals surface area contributed by atoms with E-state index in [1.807, 2.05) is 0 Å². The molecule has 0 aromatic heterocycles. The second-order valence-electron chi connectivity index (χ2n) is 0.716. The molecule has 0 spiro atoms. The molecule has 6 heteroatoms. The van der Waals surface area contributed by atoms with Gasteiger partial charge in [-0.3, -0.25) is 0 Å². The van der Waals surface area contributed by atoms with E-state index in [0.29, 0.717) is 0 Å². The highest BCUT2D eigenvalue weighted by Gasteiger charge is 2.00. The highest BCUT2D eigenvalue weighted by Crippen LogP contribution is 1.79. The molecule has 0 fully saturated rings. The minimum atomic E-state index is -4.80. The maximum atomic E-state index is 11.0. The van der Waals surface area contributed by atoms with Crippen LogP contribution >= 0.6 is 0 Å². The van der Waals surface area contributed by atoms with Gasteiger partial charge in [-0.2, -0.15) is 13.1 Å². The maximum absolute atomic E-state index is 11.0. The highest BCUT2D eigenvalue weighted by molar-refractivity contribution is 7.84. The zero-order chi connectivity index (χ0) is 5.91. The van der Waals surface area contributed by atoms with Crippen LogP contribution in [0.4, 0.5) is 8.28 Å². The predicted molar refractivity (Wildman–Crippen MR) is 19.1 cm³/mol. The van der Waals surface area contributed by atoms with E-state index in [9.17, 15) is 16.7 Å². The molecule has 0 bridgehead atoms.